The van der Waals surface area contributed by atoms with Gasteiger partial charge in [0.2, 0.25) is 0 Å². The van der Waals surface area contributed by atoms with Gasteiger partial charge in [0.15, 0.2) is 0 Å². The Morgan fingerprint density at radius 3 is 2.00 bits per heavy atom. The van der Waals surface area contributed by atoms with E-state index >= 15 is 0 Å². The van der Waals surface area contributed by atoms with Gasteiger partial charge in [-0.2, -0.15) is 0 Å². The van der Waals surface area contributed by atoms with E-state index in [0.717, 1.165) is 66.3 Å². The average molecular weight is 535 g/mol. The molecule has 8 rings (SSSR count). The molecular weight excluding hydrogens is 504 g/mol. The zero-order valence-corrected chi connectivity index (χ0v) is 23.6. The average Bonchev–Trinajstić information content (AvgIpc) is 3.67. The summed E-state index contributed by atoms with van der Waals surface area (Å²) >= 11 is 0. The summed E-state index contributed by atoms with van der Waals surface area (Å²) in [4.78, 5) is 5.27. The highest BCUT2D eigenvalue weighted by Crippen LogP contribution is 2.44. The Morgan fingerprint density at radius 2 is 1.22 bits per heavy atom. The van der Waals surface area contributed by atoms with Gasteiger partial charge >= 0.3 is 0 Å². The van der Waals surface area contributed by atoms with E-state index in [0.29, 0.717) is 11.8 Å². The van der Waals surface area contributed by atoms with Crippen LogP contribution < -0.4 is 0 Å². The van der Waals surface area contributed by atoms with Gasteiger partial charge in [-0.05, 0) is 59.4 Å². The first-order valence-electron chi connectivity index (χ1n) is 14.4. The first-order valence-corrected chi connectivity index (χ1v) is 14.4. The van der Waals surface area contributed by atoms with Crippen LogP contribution in [0.5, 0.6) is 0 Å². The fourth-order valence-corrected chi connectivity index (χ4v) is 6.48. The normalized spacial score (nSPS) is 12.3. The number of imidazole rings is 1. The van der Waals surface area contributed by atoms with Crippen LogP contribution in [0.2, 0.25) is 0 Å². The summed E-state index contributed by atoms with van der Waals surface area (Å²) in [5.41, 5.74) is 10.3. The third kappa shape index (κ3) is 3.43. The molecule has 4 heteroatoms. The maximum atomic E-state index is 6.71. The summed E-state index contributed by atoms with van der Waals surface area (Å²) in [6, 6.07) is 33.8. The van der Waals surface area contributed by atoms with Crippen molar-refractivity contribution in [3.8, 4) is 17.1 Å². The number of benzene rings is 5. The molecule has 0 fully saturated rings. The maximum absolute atomic E-state index is 6.71. The van der Waals surface area contributed by atoms with Crippen LogP contribution in [0.15, 0.2) is 106 Å². The number of nitrogens with zero attached hydrogens (tertiary/aromatic N) is 2. The van der Waals surface area contributed by atoms with Crippen LogP contribution in [-0.2, 0) is 0 Å². The molecule has 0 unspecified atom stereocenters. The topological polar surface area (TPSA) is 44.1 Å². The van der Waals surface area contributed by atoms with Gasteiger partial charge < -0.3 is 8.83 Å². The van der Waals surface area contributed by atoms with Crippen molar-refractivity contribution in [3.63, 3.8) is 0 Å². The lowest BCUT2D eigenvalue weighted by Crippen LogP contribution is -2.08. The standard InChI is InChI=1S/C37H30N2O2/c1-21(2)23-12-9-13-24(22(3)4)35(23)39-29-17-7-6-16-28(29)38-37(39)27-15-10-14-26-34-32(41-36(26)27)20-19-31-33(34)25-11-5-8-18-30(25)40-31/h5-22H,1-4H3. The lowest BCUT2D eigenvalue weighted by molar-refractivity contribution is 0.663. The lowest BCUT2D eigenvalue weighted by atomic mass is 9.92. The number of rotatable bonds is 4. The van der Waals surface area contributed by atoms with Crippen molar-refractivity contribution in [2.24, 2.45) is 0 Å². The van der Waals surface area contributed by atoms with Crippen molar-refractivity contribution in [2.75, 3.05) is 0 Å². The fraction of sp³-hybridized carbons (Fsp3) is 0.162. The molecule has 3 aromatic heterocycles. The summed E-state index contributed by atoms with van der Waals surface area (Å²) in [5, 5.41) is 4.34. The highest BCUT2D eigenvalue weighted by molar-refractivity contribution is 6.26. The Hall–Kier alpha value is -4.83. The second-order valence-electron chi connectivity index (χ2n) is 11.5. The molecule has 41 heavy (non-hydrogen) atoms. The summed E-state index contributed by atoms with van der Waals surface area (Å²) < 4.78 is 15.3. The molecule has 0 radical (unpaired) electrons. The number of hydrogen-bond acceptors (Lipinski definition) is 3. The van der Waals surface area contributed by atoms with E-state index in [9.17, 15) is 0 Å². The monoisotopic (exact) mass is 534 g/mol. The van der Waals surface area contributed by atoms with E-state index in [4.69, 9.17) is 13.8 Å². The van der Waals surface area contributed by atoms with Crippen LogP contribution in [0.1, 0.15) is 50.7 Å². The smallest absolute Gasteiger partial charge is 0.149 e. The van der Waals surface area contributed by atoms with E-state index in [2.05, 4.69) is 105 Å². The van der Waals surface area contributed by atoms with Crippen LogP contribution in [0.25, 0.3) is 72.0 Å². The summed E-state index contributed by atoms with van der Waals surface area (Å²) in [5.74, 6) is 1.59. The Balaban J connectivity index is 1.51. The molecule has 200 valence electrons. The van der Waals surface area contributed by atoms with Gasteiger partial charge in [0.1, 0.15) is 28.2 Å². The SMILES string of the molecule is CC(C)c1cccc(C(C)C)c1-n1c(-c2cccc3c2oc2ccc4oc5ccccc5c4c23)nc2ccccc21. The summed E-state index contributed by atoms with van der Waals surface area (Å²) in [6.45, 7) is 9.06. The fourth-order valence-electron chi connectivity index (χ4n) is 6.48. The molecule has 4 nitrogen and oxygen atoms in total. The molecule has 0 N–H and O–H groups in total. The van der Waals surface area contributed by atoms with Gasteiger partial charge in [0.25, 0.3) is 0 Å². The Labute approximate surface area is 237 Å². The van der Waals surface area contributed by atoms with Crippen molar-refractivity contribution in [1.29, 1.82) is 0 Å². The molecule has 0 aliphatic carbocycles. The quantitative estimate of drug-likeness (QED) is 0.225. The molecule has 3 heterocycles. The minimum absolute atomic E-state index is 0.349. The van der Waals surface area contributed by atoms with Crippen LogP contribution in [0, 0.1) is 0 Å². The zero-order chi connectivity index (χ0) is 27.8. The van der Waals surface area contributed by atoms with E-state index in [-0.39, 0.29) is 0 Å². The molecule has 0 atom stereocenters. The Kier molecular flexibility index (Phi) is 5.17. The number of para-hydroxylation sites is 5. The van der Waals surface area contributed by atoms with E-state index < -0.39 is 0 Å². The zero-order valence-electron chi connectivity index (χ0n) is 23.6. The number of fused-ring (bicyclic) bond motifs is 8. The maximum Gasteiger partial charge on any atom is 0.149 e. The van der Waals surface area contributed by atoms with E-state index in [1.54, 1.807) is 0 Å². The Bertz CT molecular complexity index is 2250. The van der Waals surface area contributed by atoms with Crippen molar-refractivity contribution < 1.29 is 8.83 Å². The van der Waals surface area contributed by atoms with Gasteiger partial charge in [0, 0.05) is 21.5 Å². The lowest BCUT2D eigenvalue weighted by Gasteiger charge is -2.22. The molecule has 0 aliphatic heterocycles. The second-order valence-corrected chi connectivity index (χ2v) is 11.5. The predicted octanol–water partition coefficient (Wildman–Crippen LogP) is 10.7. The molecule has 0 bridgehead atoms. The minimum Gasteiger partial charge on any atom is -0.456 e. The van der Waals surface area contributed by atoms with Gasteiger partial charge in [0.05, 0.1) is 22.3 Å². The van der Waals surface area contributed by atoms with Crippen LogP contribution in [-0.4, -0.2) is 9.55 Å². The Morgan fingerprint density at radius 1 is 0.585 bits per heavy atom. The molecular formula is C37H30N2O2. The summed E-state index contributed by atoms with van der Waals surface area (Å²) in [6.07, 6.45) is 0. The second kappa shape index (κ2) is 8.84. The molecule has 8 aromatic rings. The summed E-state index contributed by atoms with van der Waals surface area (Å²) in [7, 11) is 0. The van der Waals surface area contributed by atoms with Crippen molar-refractivity contribution in [2.45, 2.75) is 39.5 Å². The van der Waals surface area contributed by atoms with Crippen molar-refractivity contribution >= 4 is 54.9 Å². The molecule has 5 aromatic carbocycles. The molecule has 0 aliphatic rings. The first kappa shape index (κ1) is 24.0. The van der Waals surface area contributed by atoms with Crippen molar-refractivity contribution in [3.05, 3.63) is 108 Å². The van der Waals surface area contributed by atoms with Crippen molar-refractivity contribution in [1.82, 2.24) is 9.55 Å². The highest BCUT2D eigenvalue weighted by atomic mass is 16.3. The third-order valence-electron chi connectivity index (χ3n) is 8.37. The third-order valence-corrected chi connectivity index (χ3v) is 8.37. The molecule has 0 saturated carbocycles. The largest absolute Gasteiger partial charge is 0.456 e. The number of aromatic nitrogens is 2. The van der Waals surface area contributed by atoms with Gasteiger partial charge in [-0.1, -0.05) is 88.4 Å². The molecule has 0 spiro atoms. The van der Waals surface area contributed by atoms with Crippen LogP contribution in [0.4, 0.5) is 0 Å². The van der Waals surface area contributed by atoms with Gasteiger partial charge in [-0.25, -0.2) is 4.98 Å². The highest BCUT2D eigenvalue weighted by Gasteiger charge is 2.25. The number of furan rings is 2. The minimum atomic E-state index is 0.349. The predicted molar refractivity (Wildman–Crippen MR) is 169 cm³/mol. The van der Waals surface area contributed by atoms with E-state index in [1.165, 1.54) is 16.8 Å². The van der Waals surface area contributed by atoms with Gasteiger partial charge in [-0.3, -0.25) is 4.57 Å². The van der Waals surface area contributed by atoms with Crippen LogP contribution in [0.3, 0.4) is 0 Å². The first-order chi connectivity index (χ1) is 20.0. The van der Waals surface area contributed by atoms with Gasteiger partial charge in [-0.15, -0.1) is 0 Å². The van der Waals surface area contributed by atoms with Crippen LogP contribution >= 0.6 is 0 Å². The number of hydrogen-bond donors (Lipinski definition) is 0. The van der Waals surface area contributed by atoms with E-state index in [1.807, 2.05) is 24.3 Å². The molecule has 0 amide bonds. The molecule has 0 saturated heterocycles.